The molecular weight excluding hydrogens is 408 g/mol. The Labute approximate surface area is 197 Å². The molecule has 0 atom stereocenters. The second-order valence-electron chi connectivity index (χ2n) is 9.30. The van der Waals surface area contributed by atoms with Crippen LogP contribution in [-0.4, -0.2) is 47.9 Å². The Bertz CT molecular complexity index is 950. The van der Waals surface area contributed by atoms with E-state index in [4.69, 9.17) is 0 Å². The highest BCUT2D eigenvalue weighted by molar-refractivity contribution is 5.97. The van der Waals surface area contributed by atoms with Crippen LogP contribution in [0.5, 0.6) is 0 Å². The van der Waals surface area contributed by atoms with Crippen LogP contribution in [0.2, 0.25) is 0 Å². The minimum absolute atomic E-state index is 0.135. The Morgan fingerprint density at radius 3 is 2.12 bits per heavy atom. The number of carbonyl (C=O) groups is 1. The number of hydrogen-bond donors (Lipinski definition) is 1. The SMILES string of the molecule is N#C/C(=C/NC1CCN(Cc2ccccc2)CC1)C(=O)N1CCC(Cc2ccccc2)CC1. The molecule has 0 radical (unpaired) electrons. The Morgan fingerprint density at radius 1 is 0.909 bits per heavy atom. The maximum absolute atomic E-state index is 12.9. The normalized spacial score (nSPS) is 18.6. The molecule has 1 amide bonds. The molecule has 0 unspecified atom stereocenters. The van der Waals surface area contributed by atoms with E-state index >= 15 is 0 Å². The van der Waals surface area contributed by atoms with Gasteiger partial charge in [-0.1, -0.05) is 60.7 Å². The van der Waals surface area contributed by atoms with Gasteiger partial charge in [-0.2, -0.15) is 5.26 Å². The predicted octanol–water partition coefficient (Wildman–Crippen LogP) is 4.13. The first-order chi connectivity index (χ1) is 16.2. The molecule has 2 aliphatic rings. The van der Waals surface area contributed by atoms with E-state index in [-0.39, 0.29) is 11.5 Å². The molecule has 2 heterocycles. The number of rotatable bonds is 7. The zero-order valence-electron chi connectivity index (χ0n) is 19.3. The lowest BCUT2D eigenvalue weighted by molar-refractivity contribution is -0.128. The van der Waals surface area contributed by atoms with Gasteiger partial charge in [0.05, 0.1) is 0 Å². The number of nitriles is 1. The van der Waals surface area contributed by atoms with Gasteiger partial charge in [0.2, 0.25) is 0 Å². The Kier molecular flexibility index (Phi) is 8.16. The number of carbonyl (C=O) groups excluding carboxylic acids is 1. The smallest absolute Gasteiger partial charge is 0.265 e. The highest BCUT2D eigenvalue weighted by Crippen LogP contribution is 2.22. The van der Waals surface area contributed by atoms with E-state index in [1.54, 1.807) is 6.20 Å². The first-order valence-corrected chi connectivity index (χ1v) is 12.2. The summed E-state index contributed by atoms with van der Waals surface area (Å²) in [5.74, 6) is 0.467. The van der Waals surface area contributed by atoms with Crippen molar-refractivity contribution in [3.8, 4) is 6.07 Å². The van der Waals surface area contributed by atoms with Crippen LogP contribution >= 0.6 is 0 Å². The van der Waals surface area contributed by atoms with Crippen molar-refractivity contribution in [2.24, 2.45) is 5.92 Å². The predicted molar refractivity (Wildman–Crippen MR) is 131 cm³/mol. The first-order valence-electron chi connectivity index (χ1n) is 12.2. The van der Waals surface area contributed by atoms with Gasteiger partial charge in [-0.15, -0.1) is 0 Å². The quantitative estimate of drug-likeness (QED) is 0.517. The van der Waals surface area contributed by atoms with Gasteiger partial charge in [-0.25, -0.2) is 0 Å². The summed E-state index contributed by atoms with van der Waals surface area (Å²) in [5.41, 5.74) is 2.93. The molecule has 5 heteroatoms. The minimum atomic E-state index is -0.135. The van der Waals surface area contributed by atoms with Gasteiger partial charge in [0.25, 0.3) is 5.91 Å². The van der Waals surface area contributed by atoms with E-state index in [9.17, 15) is 10.1 Å². The van der Waals surface area contributed by atoms with Crippen LogP contribution in [0.25, 0.3) is 0 Å². The molecular formula is C28H34N4O. The summed E-state index contributed by atoms with van der Waals surface area (Å²) < 4.78 is 0. The Morgan fingerprint density at radius 2 is 1.52 bits per heavy atom. The zero-order chi connectivity index (χ0) is 22.9. The van der Waals surface area contributed by atoms with Crippen molar-refractivity contribution in [1.82, 2.24) is 15.1 Å². The zero-order valence-corrected chi connectivity index (χ0v) is 19.3. The summed E-state index contributed by atoms with van der Waals surface area (Å²) in [6.07, 6.45) is 6.74. The third-order valence-electron chi connectivity index (χ3n) is 6.92. The van der Waals surface area contributed by atoms with Gasteiger partial charge in [0, 0.05) is 45.0 Å². The van der Waals surface area contributed by atoms with E-state index in [0.717, 1.165) is 64.8 Å². The fraction of sp³-hybridized carbons (Fsp3) is 0.429. The molecule has 0 aliphatic carbocycles. The van der Waals surface area contributed by atoms with Crippen LogP contribution in [0.1, 0.15) is 36.8 Å². The standard InChI is InChI=1S/C28H34N4O/c29-20-26(21-30-27-13-15-31(16-14-27)22-25-9-5-2-6-10-25)28(33)32-17-11-24(12-18-32)19-23-7-3-1-4-8-23/h1-10,21,24,27,30H,11-19,22H2/b26-21-. The number of nitrogens with one attached hydrogen (secondary N) is 1. The van der Waals surface area contributed by atoms with Crippen LogP contribution < -0.4 is 5.32 Å². The fourth-order valence-electron chi connectivity index (χ4n) is 4.90. The van der Waals surface area contributed by atoms with Gasteiger partial charge in [0.1, 0.15) is 11.6 Å². The monoisotopic (exact) mass is 442 g/mol. The third-order valence-corrected chi connectivity index (χ3v) is 6.92. The maximum atomic E-state index is 12.9. The van der Waals surface area contributed by atoms with Gasteiger partial charge < -0.3 is 10.2 Å². The highest BCUT2D eigenvalue weighted by Gasteiger charge is 2.25. The van der Waals surface area contributed by atoms with Gasteiger partial charge in [0.15, 0.2) is 0 Å². The number of likely N-dealkylation sites (tertiary alicyclic amines) is 2. The number of benzene rings is 2. The van der Waals surface area contributed by atoms with Crippen LogP contribution in [0.4, 0.5) is 0 Å². The number of amides is 1. The molecule has 2 aromatic rings. The fourth-order valence-corrected chi connectivity index (χ4v) is 4.90. The second kappa shape index (κ2) is 11.7. The van der Waals surface area contributed by atoms with Crippen LogP contribution in [0, 0.1) is 17.2 Å². The summed E-state index contributed by atoms with van der Waals surface area (Å²) >= 11 is 0. The molecule has 33 heavy (non-hydrogen) atoms. The van der Waals surface area contributed by atoms with Crippen molar-refractivity contribution in [2.75, 3.05) is 26.2 Å². The summed E-state index contributed by atoms with van der Waals surface area (Å²) in [7, 11) is 0. The third kappa shape index (κ3) is 6.69. The van der Waals surface area contributed by atoms with Gasteiger partial charge in [-0.3, -0.25) is 9.69 Å². The Balaban J connectivity index is 1.21. The Hall–Kier alpha value is -3.10. The summed E-state index contributed by atoms with van der Waals surface area (Å²) in [5, 5.41) is 13.0. The second-order valence-corrected chi connectivity index (χ2v) is 9.30. The number of piperidine rings is 2. The minimum Gasteiger partial charge on any atom is -0.387 e. The van der Waals surface area contributed by atoms with Crippen molar-refractivity contribution in [2.45, 2.75) is 44.7 Å². The van der Waals surface area contributed by atoms with Crippen molar-refractivity contribution in [3.63, 3.8) is 0 Å². The molecule has 0 spiro atoms. The van der Waals surface area contributed by atoms with Crippen molar-refractivity contribution >= 4 is 5.91 Å². The van der Waals surface area contributed by atoms with Crippen LogP contribution in [0.3, 0.4) is 0 Å². The van der Waals surface area contributed by atoms with Gasteiger partial charge >= 0.3 is 0 Å². The topological polar surface area (TPSA) is 59.4 Å². The lowest BCUT2D eigenvalue weighted by atomic mass is 9.90. The molecule has 2 aromatic carbocycles. The molecule has 0 aromatic heterocycles. The van der Waals surface area contributed by atoms with E-state index in [0.29, 0.717) is 12.0 Å². The number of hydrogen-bond acceptors (Lipinski definition) is 4. The molecule has 5 nitrogen and oxygen atoms in total. The lowest BCUT2D eigenvalue weighted by Crippen LogP contribution is -2.42. The molecule has 172 valence electrons. The van der Waals surface area contributed by atoms with Crippen molar-refractivity contribution < 1.29 is 4.79 Å². The lowest BCUT2D eigenvalue weighted by Gasteiger charge is -2.33. The molecule has 0 saturated carbocycles. The number of nitrogens with zero attached hydrogens (tertiary/aromatic N) is 3. The summed E-state index contributed by atoms with van der Waals surface area (Å²) in [4.78, 5) is 17.2. The molecule has 2 aliphatic heterocycles. The average molecular weight is 443 g/mol. The van der Waals surface area contributed by atoms with Crippen LogP contribution in [-0.2, 0) is 17.8 Å². The highest BCUT2D eigenvalue weighted by atomic mass is 16.2. The molecule has 2 fully saturated rings. The summed E-state index contributed by atoms with van der Waals surface area (Å²) in [6.45, 7) is 4.47. The van der Waals surface area contributed by atoms with E-state index in [1.807, 2.05) is 17.0 Å². The molecule has 1 N–H and O–H groups in total. The largest absolute Gasteiger partial charge is 0.387 e. The average Bonchev–Trinajstić information content (AvgIpc) is 2.87. The van der Waals surface area contributed by atoms with E-state index < -0.39 is 0 Å². The van der Waals surface area contributed by atoms with Crippen LogP contribution in [0.15, 0.2) is 72.4 Å². The van der Waals surface area contributed by atoms with E-state index in [2.05, 4.69) is 64.8 Å². The van der Waals surface area contributed by atoms with E-state index in [1.165, 1.54) is 11.1 Å². The first kappa shape index (κ1) is 23.1. The molecule has 4 rings (SSSR count). The molecule has 0 bridgehead atoms. The summed E-state index contributed by atoms with van der Waals surface area (Å²) in [6, 6.07) is 23.5. The van der Waals surface area contributed by atoms with Gasteiger partial charge in [-0.05, 0) is 49.1 Å². The molecule has 2 saturated heterocycles. The van der Waals surface area contributed by atoms with Crippen molar-refractivity contribution in [3.05, 3.63) is 83.6 Å². The van der Waals surface area contributed by atoms with Crippen molar-refractivity contribution in [1.29, 1.82) is 5.26 Å². The maximum Gasteiger partial charge on any atom is 0.265 e.